The van der Waals surface area contributed by atoms with Gasteiger partial charge >= 0.3 is 5.97 Å². The van der Waals surface area contributed by atoms with Gasteiger partial charge in [-0.25, -0.2) is 0 Å². The van der Waals surface area contributed by atoms with Gasteiger partial charge in [0.05, 0.1) is 27.8 Å². The lowest BCUT2D eigenvalue weighted by molar-refractivity contribution is -0.132. The van der Waals surface area contributed by atoms with E-state index in [0.29, 0.717) is 17.2 Å². The summed E-state index contributed by atoms with van der Waals surface area (Å²) in [4.78, 5) is 11.2. The summed E-state index contributed by atoms with van der Waals surface area (Å²) in [6.07, 6.45) is -0.233. The van der Waals surface area contributed by atoms with Crippen molar-refractivity contribution in [3.63, 3.8) is 0 Å². The Labute approximate surface area is 100 Å². The monoisotopic (exact) mass is 236 g/mol. The Bertz CT molecular complexity index is 386. The topological polar surface area (TPSA) is 82.8 Å². The highest BCUT2D eigenvalue weighted by Crippen LogP contribution is 2.40. The minimum absolute atomic E-state index is 0.171. The second-order valence-electron chi connectivity index (χ2n) is 3.03. The number of nitrogens with one attached hydrogen (secondary N) is 1. The van der Waals surface area contributed by atoms with Crippen LogP contribution in [0.1, 0.15) is 0 Å². The Kier molecular flexibility index (Phi) is 4.65. The SMILES string of the molecule is [B]CC(=O)Oc1c(OC)cc(NN)cc1OC. The predicted molar refractivity (Wildman–Crippen MR) is 63.6 cm³/mol. The highest BCUT2D eigenvalue weighted by atomic mass is 16.6. The minimum Gasteiger partial charge on any atom is -0.493 e. The molecule has 0 atom stereocenters. The summed E-state index contributed by atoms with van der Waals surface area (Å²) in [5.41, 5.74) is 3.01. The smallest absolute Gasteiger partial charge is 0.302 e. The molecule has 0 fully saturated rings. The van der Waals surface area contributed by atoms with Gasteiger partial charge in [0.1, 0.15) is 0 Å². The van der Waals surface area contributed by atoms with Crippen LogP contribution < -0.4 is 25.5 Å². The average molecular weight is 236 g/mol. The molecule has 6 nitrogen and oxygen atoms in total. The Balaban J connectivity index is 3.19. The number of benzene rings is 1. The fourth-order valence-electron chi connectivity index (χ4n) is 1.22. The van der Waals surface area contributed by atoms with Crippen molar-refractivity contribution in [2.24, 2.45) is 5.84 Å². The van der Waals surface area contributed by atoms with E-state index in [4.69, 9.17) is 27.9 Å². The second kappa shape index (κ2) is 6.00. The molecule has 3 N–H and O–H groups in total. The van der Waals surface area contributed by atoms with Gasteiger partial charge in [-0.1, -0.05) is 0 Å². The summed E-state index contributed by atoms with van der Waals surface area (Å²) in [7, 11) is 8.05. The largest absolute Gasteiger partial charge is 0.493 e. The number of anilines is 1. The van der Waals surface area contributed by atoms with Crippen molar-refractivity contribution in [3.8, 4) is 17.2 Å². The lowest BCUT2D eigenvalue weighted by atomic mass is 10.1. The number of carbonyl (C=O) groups excluding carboxylic acids is 1. The van der Waals surface area contributed by atoms with Crippen LogP contribution in [0.25, 0.3) is 0 Å². The van der Waals surface area contributed by atoms with E-state index in [1.165, 1.54) is 14.2 Å². The zero-order valence-electron chi connectivity index (χ0n) is 9.65. The third-order valence-corrected chi connectivity index (χ3v) is 2.01. The molecule has 0 aromatic heterocycles. The van der Waals surface area contributed by atoms with Crippen LogP contribution in [0.3, 0.4) is 0 Å². The number of hydrogen-bond acceptors (Lipinski definition) is 6. The fourth-order valence-corrected chi connectivity index (χ4v) is 1.22. The van der Waals surface area contributed by atoms with Crippen molar-refractivity contribution in [2.45, 2.75) is 6.32 Å². The van der Waals surface area contributed by atoms with Crippen LogP contribution in [-0.2, 0) is 4.79 Å². The summed E-state index contributed by atoms with van der Waals surface area (Å²) < 4.78 is 15.2. The van der Waals surface area contributed by atoms with Crippen LogP contribution >= 0.6 is 0 Å². The van der Waals surface area contributed by atoms with E-state index in [9.17, 15) is 4.79 Å². The van der Waals surface area contributed by atoms with E-state index in [1.807, 2.05) is 0 Å². The highest BCUT2D eigenvalue weighted by molar-refractivity contribution is 6.18. The lowest BCUT2D eigenvalue weighted by Crippen LogP contribution is -2.10. The molecule has 0 amide bonds. The maximum absolute atomic E-state index is 11.2. The van der Waals surface area contributed by atoms with E-state index in [0.717, 1.165) is 0 Å². The van der Waals surface area contributed by atoms with Crippen molar-refractivity contribution >= 4 is 19.5 Å². The number of nitrogen functional groups attached to an aromatic ring is 1. The molecule has 0 bridgehead atoms. The van der Waals surface area contributed by atoms with E-state index in [1.54, 1.807) is 12.1 Å². The summed E-state index contributed by atoms with van der Waals surface area (Å²) in [5.74, 6) is 5.51. The summed E-state index contributed by atoms with van der Waals surface area (Å²) >= 11 is 0. The molecule has 1 aromatic carbocycles. The molecule has 2 radical (unpaired) electrons. The van der Waals surface area contributed by atoms with Gasteiger partial charge in [0, 0.05) is 18.5 Å². The lowest BCUT2D eigenvalue weighted by Gasteiger charge is -2.14. The maximum Gasteiger partial charge on any atom is 0.302 e. The summed E-state index contributed by atoms with van der Waals surface area (Å²) in [6.45, 7) is 0. The quantitative estimate of drug-likeness (QED) is 0.254. The Morgan fingerprint density at radius 1 is 1.35 bits per heavy atom. The van der Waals surface area contributed by atoms with Gasteiger partial charge in [0.2, 0.25) is 5.75 Å². The van der Waals surface area contributed by atoms with E-state index in [-0.39, 0.29) is 12.1 Å². The van der Waals surface area contributed by atoms with Gasteiger partial charge in [0.25, 0.3) is 0 Å². The molecule has 0 unspecified atom stereocenters. The molecule has 17 heavy (non-hydrogen) atoms. The normalized spacial score (nSPS) is 9.59. The van der Waals surface area contributed by atoms with Gasteiger partial charge < -0.3 is 19.6 Å². The minimum atomic E-state index is -0.588. The number of nitrogens with two attached hydrogens (primary N) is 1. The molecule has 90 valence electrons. The summed E-state index contributed by atoms with van der Waals surface area (Å²) in [6, 6.07) is 3.14. The van der Waals surface area contributed by atoms with Crippen LogP contribution in [0.2, 0.25) is 6.32 Å². The van der Waals surface area contributed by atoms with Crippen molar-refractivity contribution in [3.05, 3.63) is 12.1 Å². The van der Waals surface area contributed by atoms with Crippen molar-refractivity contribution < 1.29 is 19.0 Å². The molecule has 0 heterocycles. The van der Waals surface area contributed by atoms with Gasteiger partial charge in [-0.15, -0.1) is 0 Å². The van der Waals surface area contributed by atoms with Crippen molar-refractivity contribution in [2.75, 3.05) is 19.6 Å². The van der Waals surface area contributed by atoms with Gasteiger partial charge in [0.15, 0.2) is 11.5 Å². The number of esters is 1. The van der Waals surface area contributed by atoms with Gasteiger partial charge in [-0.05, 0) is 0 Å². The molecular weight excluding hydrogens is 223 g/mol. The molecule has 7 heteroatoms. The Morgan fingerprint density at radius 3 is 2.24 bits per heavy atom. The van der Waals surface area contributed by atoms with E-state index < -0.39 is 5.97 Å². The van der Waals surface area contributed by atoms with Crippen molar-refractivity contribution in [1.82, 2.24) is 0 Å². The molecule has 0 aliphatic rings. The van der Waals surface area contributed by atoms with Crippen LogP contribution in [0.4, 0.5) is 5.69 Å². The first kappa shape index (κ1) is 13.2. The third kappa shape index (κ3) is 3.04. The van der Waals surface area contributed by atoms with Gasteiger partial charge in [-0.3, -0.25) is 10.6 Å². The predicted octanol–water partition coefficient (Wildman–Crippen LogP) is 0.482. The van der Waals surface area contributed by atoms with Crippen LogP contribution in [0, 0.1) is 0 Å². The van der Waals surface area contributed by atoms with E-state index >= 15 is 0 Å². The number of ether oxygens (including phenoxy) is 3. The zero-order chi connectivity index (χ0) is 12.8. The number of rotatable bonds is 5. The molecule has 0 saturated heterocycles. The Morgan fingerprint density at radius 2 is 1.88 bits per heavy atom. The standard InChI is InChI=1S/C10H13BN2O4/c1-15-7-3-6(13-12)4-8(16-2)10(7)17-9(14)5-11/h3-4,13H,5,12H2,1-2H3. The number of methoxy groups -OCH3 is 2. The highest BCUT2D eigenvalue weighted by Gasteiger charge is 2.16. The number of hydrogen-bond donors (Lipinski definition) is 2. The second-order valence-corrected chi connectivity index (χ2v) is 3.03. The number of hydrazine groups is 1. The maximum atomic E-state index is 11.2. The number of carbonyl (C=O) groups is 1. The Hall–Kier alpha value is -1.89. The zero-order valence-corrected chi connectivity index (χ0v) is 9.65. The third-order valence-electron chi connectivity index (χ3n) is 2.01. The first-order chi connectivity index (χ1) is 8.15. The molecule has 0 saturated carbocycles. The molecule has 0 aliphatic carbocycles. The molecule has 1 aromatic rings. The van der Waals surface area contributed by atoms with Crippen LogP contribution in [0.15, 0.2) is 12.1 Å². The summed E-state index contributed by atoms with van der Waals surface area (Å²) in [5, 5.41) is 0. The first-order valence-corrected chi connectivity index (χ1v) is 4.79. The van der Waals surface area contributed by atoms with Crippen LogP contribution in [-0.4, -0.2) is 28.0 Å². The molecule has 1 rings (SSSR count). The molecule has 0 spiro atoms. The average Bonchev–Trinajstić information content (AvgIpc) is 2.38. The molecule has 0 aliphatic heterocycles. The van der Waals surface area contributed by atoms with Gasteiger partial charge in [-0.2, -0.15) is 0 Å². The fraction of sp³-hybridized carbons (Fsp3) is 0.300. The van der Waals surface area contributed by atoms with Crippen molar-refractivity contribution in [1.29, 1.82) is 0 Å². The first-order valence-electron chi connectivity index (χ1n) is 4.79. The van der Waals surface area contributed by atoms with E-state index in [2.05, 4.69) is 5.43 Å². The van der Waals surface area contributed by atoms with Crippen LogP contribution in [0.5, 0.6) is 17.2 Å². The molecular formula is C10H13BN2O4.